The third-order valence-electron chi connectivity index (χ3n) is 5.69. The molecule has 0 spiro atoms. The Labute approximate surface area is 203 Å². The normalized spacial score (nSPS) is 19.6. The number of hydrogen-bond acceptors (Lipinski definition) is 7. The summed E-state index contributed by atoms with van der Waals surface area (Å²) in [5, 5.41) is 6.49. The highest BCUT2D eigenvalue weighted by atomic mass is 32.2. The molecule has 0 radical (unpaired) electrons. The van der Waals surface area contributed by atoms with Crippen LogP contribution >= 0.6 is 0 Å². The number of hydrazine groups is 1. The zero-order chi connectivity index (χ0) is 24.5. The topological polar surface area (TPSA) is 105 Å². The summed E-state index contributed by atoms with van der Waals surface area (Å²) >= 11 is -2.11. The van der Waals surface area contributed by atoms with Gasteiger partial charge in [-0.1, -0.05) is 32.9 Å². The molecule has 0 fully saturated rings. The van der Waals surface area contributed by atoms with Crippen LogP contribution in [-0.4, -0.2) is 44.2 Å². The van der Waals surface area contributed by atoms with E-state index in [1.54, 1.807) is 17.3 Å². The van der Waals surface area contributed by atoms with Crippen LogP contribution in [0.5, 0.6) is 0 Å². The molecule has 0 saturated heterocycles. The van der Waals surface area contributed by atoms with Gasteiger partial charge in [0.2, 0.25) is 0 Å². The molecule has 0 saturated carbocycles. The van der Waals surface area contributed by atoms with Crippen LogP contribution in [0.3, 0.4) is 0 Å². The Morgan fingerprint density at radius 1 is 1.12 bits per heavy atom. The highest BCUT2D eigenvalue weighted by Crippen LogP contribution is 2.31. The molecule has 2 atom stereocenters. The largest absolute Gasteiger partial charge is 0.372 e. The monoisotopic (exact) mass is 481 g/mol. The second kappa shape index (κ2) is 9.65. The minimum absolute atomic E-state index is 0.211. The Morgan fingerprint density at radius 2 is 1.76 bits per heavy atom. The van der Waals surface area contributed by atoms with Crippen molar-refractivity contribution < 1.29 is 8.76 Å². The average molecular weight is 482 g/mol. The number of benzene rings is 2. The van der Waals surface area contributed by atoms with Gasteiger partial charge in [-0.05, 0) is 55.8 Å². The number of nitrogens with zero attached hydrogens (tertiary/aromatic N) is 5. The van der Waals surface area contributed by atoms with Crippen LogP contribution < -0.4 is 15.0 Å². The zero-order valence-electron chi connectivity index (χ0n) is 20.1. The summed E-state index contributed by atoms with van der Waals surface area (Å²) < 4.78 is 22.4. The lowest BCUT2D eigenvalue weighted by molar-refractivity contribution is 0.317. The molecular formula is C24H31N7O2S. The fourth-order valence-electron chi connectivity index (χ4n) is 3.92. The Morgan fingerprint density at radius 3 is 2.32 bits per heavy atom. The average Bonchev–Trinajstić information content (AvgIpc) is 3.35. The van der Waals surface area contributed by atoms with E-state index in [4.69, 9.17) is 19.6 Å². The van der Waals surface area contributed by atoms with Crippen LogP contribution in [-0.2, 0) is 11.3 Å². The van der Waals surface area contributed by atoms with E-state index in [9.17, 15) is 4.21 Å². The minimum Gasteiger partial charge on any atom is -0.372 e. The van der Waals surface area contributed by atoms with Crippen LogP contribution in [0, 0.1) is 5.41 Å². The second-order valence-corrected chi connectivity index (χ2v) is 9.82. The van der Waals surface area contributed by atoms with Gasteiger partial charge in [0.1, 0.15) is 11.9 Å². The van der Waals surface area contributed by atoms with Gasteiger partial charge in [-0.25, -0.2) is 14.2 Å². The van der Waals surface area contributed by atoms with E-state index < -0.39 is 11.3 Å². The number of hydrogen-bond donors (Lipinski definition) is 3. The number of fused-ring (bicyclic) bond motifs is 1. The SMILES string of the molecule is CCN(CC)c1ccc(N=C2C3=NC(c4ccc(NS(=O)O)cc4)NN3N=C2C(C)(C)C)cc1. The number of aliphatic imine (C=N–C) groups is 2. The third-order valence-corrected chi connectivity index (χ3v) is 6.10. The second-order valence-electron chi connectivity index (χ2n) is 9.12. The molecule has 2 unspecified atom stereocenters. The van der Waals surface area contributed by atoms with Gasteiger partial charge in [0.15, 0.2) is 5.84 Å². The molecule has 2 aliphatic heterocycles. The maximum atomic E-state index is 11.0. The van der Waals surface area contributed by atoms with Crippen molar-refractivity contribution in [1.82, 2.24) is 10.5 Å². The molecule has 34 heavy (non-hydrogen) atoms. The van der Waals surface area contributed by atoms with Gasteiger partial charge >= 0.3 is 0 Å². The van der Waals surface area contributed by atoms with E-state index in [1.165, 1.54) is 5.69 Å². The van der Waals surface area contributed by atoms with Gasteiger partial charge < -0.3 is 4.90 Å². The molecule has 2 heterocycles. The van der Waals surface area contributed by atoms with E-state index in [0.717, 1.165) is 35.8 Å². The van der Waals surface area contributed by atoms with Gasteiger partial charge in [-0.15, -0.1) is 0 Å². The summed E-state index contributed by atoms with van der Waals surface area (Å²) in [5.41, 5.74) is 8.22. The van der Waals surface area contributed by atoms with E-state index in [0.29, 0.717) is 11.5 Å². The number of rotatable bonds is 7. The maximum Gasteiger partial charge on any atom is 0.259 e. The highest BCUT2D eigenvalue weighted by molar-refractivity contribution is 7.80. The van der Waals surface area contributed by atoms with E-state index in [2.05, 4.69) is 61.8 Å². The van der Waals surface area contributed by atoms with Crippen LogP contribution in [0.15, 0.2) is 63.6 Å². The lowest BCUT2D eigenvalue weighted by Gasteiger charge is -2.21. The van der Waals surface area contributed by atoms with Crippen molar-refractivity contribution in [2.75, 3.05) is 22.7 Å². The molecule has 3 N–H and O–H groups in total. The quantitative estimate of drug-likeness (QED) is 0.506. The van der Waals surface area contributed by atoms with Gasteiger partial charge in [0.25, 0.3) is 11.3 Å². The molecule has 9 nitrogen and oxygen atoms in total. The minimum atomic E-state index is -2.11. The molecule has 4 rings (SSSR count). The fraction of sp³-hybridized carbons (Fsp3) is 0.375. The number of anilines is 2. The van der Waals surface area contributed by atoms with Crippen LogP contribution in [0.1, 0.15) is 46.3 Å². The molecule has 180 valence electrons. The number of hydrazone groups is 1. The summed E-state index contributed by atoms with van der Waals surface area (Å²) in [6.45, 7) is 12.6. The summed E-state index contributed by atoms with van der Waals surface area (Å²) in [7, 11) is 0. The molecule has 2 aromatic rings. The van der Waals surface area contributed by atoms with Crippen molar-refractivity contribution in [1.29, 1.82) is 0 Å². The van der Waals surface area contributed by atoms with Crippen molar-refractivity contribution in [3.05, 3.63) is 54.1 Å². The molecule has 0 amide bonds. The standard InChI is InChI=1S/C24H31N7O2S/c1-6-30(7-2)19-14-12-17(13-15-19)25-20-21(24(3,4)5)27-31-23(20)26-22(28-31)16-8-10-18(11-9-16)29-34(32)33/h8-15,22,28-29H,6-7H2,1-5H3,(H,32,33). The fourth-order valence-corrected chi connectivity index (χ4v) is 4.26. The van der Waals surface area contributed by atoms with Crippen molar-refractivity contribution >= 4 is 45.6 Å². The molecular weight excluding hydrogens is 450 g/mol. The van der Waals surface area contributed by atoms with Gasteiger partial charge in [-0.3, -0.25) is 9.27 Å². The Bertz CT molecular complexity index is 1150. The summed E-state index contributed by atoms with van der Waals surface area (Å²) in [4.78, 5) is 12.1. The third kappa shape index (κ3) is 5.03. The maximum absolute atomic E-state index is 11.0. The van der Waals surface area contributed by atoms with E-state index >= 15 is 0 Å². The molecule has 0 aromatic heterocycles. The van der Waals surface area contributed by atoms with Gasteiger partial charge in [-0.2, -0.15) is 15.6 Å². The first kappa shape index (κ1) is 24.1. The van der Waals surface area contributed by atoms with Gasteiger partial charge in [0.05, 0.1) is 11.4 Å². The number of nitrogens with one attached hydrogen (secondary N) is 2. The van der Waals surface area contributed by atoms with Crippen LogP contribution in [0.4, 0.5) is 17.1 Å². The first-order valence-corrected chi connectivity index (χ1v) is 12.5. The smallest absolute Gasteiger partial charge is 0.259 e. The van der Waals surface area contributed by atoms with Crippen molar-refractivity contribution in [2.24, 2.45) is 20.5 Å². The van der Waals surface area contributed by atoms with Gasteiger partial charge in [0, 0.05) is 29.9 Å². The molecule has 10 heteroatoms. The molecule has 2 aliphatic rings. The van der Waals surface area contributed by atoms with Crippen molar-refractivity contribution in [3.63, 3.8) is 0 Å². The summed E-state index contributed by atoms with van der Waals surface area (Å²) in [6, 6.07) is 15.4. The Balaban J connectivity index is 1.63. The highest BCUT2D eigenvalue weighted by Gasteiger charge is 2.41. The number of amidine groups is 1. The van der Waals surface area contributed by atoms with E-state index in [-0.39, 0.29) is 11.6 Å². The van der Waals surface area contributed by atoms with Crippen LogP contribution in [0.25, 0.3) is 0 Å². The lowest BCUT2D eigenvalue weighted by Crippen LogP contribution is -2.33. The van der Waals surface area contributed by atoms with Crippen molar-refractivity contribution in [3.8, 4) is 0 Å². The molecule has 2 aromatic carbocycles. The molecule has 0 aliphatic carbocycles. The lowest BCUT2D eigenvalue weighted by atomic mass is 9.87. The zero-order valence-corrected chi connectivity index (χ0v) is 20.9. The van der Waals surface area contributed by atoms with Crippen LogP contribution in [0.2, 0.25) is 0 Å². The van der Waals surface area contributed by atoms with E-state index in [1.807, 2.05) is 24.3 Å². The predicted octanol–water partition coefficient (Wildman–Crippen LogP) is 4.49. The summed E-state index contributed by atoms with van der Waals surface area (Å²) in [6.07, 6.45) is -0.329. The van der Waals surface area contributed by atoms with Crippen molar-refractivity contribution in [2.45, 2.75) is 40.8 Å². The Hall–Kier alpha value is -3.08. The summed E-state index contributed by atoms with van der Waals surface area (Å²) in [5.74, 6) is 0.682. The Kier molecular flexibility index (Phi) is 6.83. The first-order chi connectivity index (χ1) is 16.2. The predicted molar refractivity (Wildman–Crippen MR) is 140 cm³/mol. The first-order valence-electron chi connectivity index (χ1n) is 11.3. The molecule has 0 bridgehead atoms.